The molecule has 1 N–H and O–H groups in total. The van der Waals surface area contributed by atoms with Gasteiger partial charge in [0, 0.05) is 23.3 Å². The minimum Gasteiger partial charge on any atom is -0.481 e. The fourth-order valence-electron chi connectivity index (χ4n) is 1.91. The molecule has 0 atom stereocenters. The molecule has 0 spiro atoms. The van der Waals surface area contributed by atoms with Crippen molar-refractivity contribution in [1.82, 2.24) is 0 Å². The molecule has 7 heteroatoms. The number of ether oxygens (including phenoxy) is 1. The molecule has 0 radical (unpaired) electrons. The maximum Gasteiger partial charge on any atom is 0.341 e. The second-order valence-electron chi connectivity index (χ2n) is 4.73. The fourth-order valence-corrected chi connectivity index (χ4v) is 1.91. The van der Waals surface area contributed by atoms with Crippen LogP contribution in [-0.2, 0) is 4.79 Å². The van der Waals surface area contributed by atoms with Crippen LogP contribution in [0, 0.1) is 10.1 Å². The van der Waals surface area contributed by atoms with Gasteiger partial charge in [-0.25, -0.2) is 4.79 Å². The Balaban J connectivity index is 2.29. The van der Waals surface area contributed by atoms with E-state index in [1.54, 1.807) is 30.3 Å². The molecule has 24 heavy (non-hydrogen) atoms. The number of nitro groups is 1. The average molecular weight is 327 g/mol. The van der Waals surface area contributed by atoms with Crippen LogP contribution in [0.25, 0.3) is 6.08 Å². The average Bonchev–Trinajstić information content (AvgIpc) is 2.58. The largest absolute Gasteiger partial charge is 0.481 e. The predicted molar refractivity (Wildman–Crippen MR) is 86.0 cm³/mol. The molecule has 0 amide bonds. The fraction of sp³-hybridized carbons (Fsp3) is 0.0588. The Morgan fingerprint density at radius 1 is 1.17 bits per heavy atom. The quantitative estimate of drug-likeness (QED) is 0.362. The van der Waals surface area contributed by atoms with Gasteiger partial charge in [0.1, 0.15) is 5.75 Å². The summed E-state index contributed by atoms with van der Waals surface area (Å²) in [5.74, 6) is -1.32. The molecule has 2 rings (SSSR count). The van der Waals surface area contributed by atoms with Gasteiger partial charge in [-0.1, -0.05) is 30.3 Å². The van der Waals surface area contributed by atoms with Crippen LogP contribution in [0.4, 0.5) is 5.69 Å². The summed E-state index contributed by atoms with van der Waals surface area (Å²) in [6.07, 6.45) is 2.61. The Hall–Kier alpha value is -3.48. The molecule has 0 aromatic heterocycles. The third-order valence-corrected chi connectivity index (χ3v) is 3.03. The first-order valence-electron chi connectivity index (χ1n) is 6.88. The van der Waals surface area contributed by atoms with Gasteiger partial charge in [0.15, 0.2) is 12.4 Å². The molecular weight excluding hydrogens is 314 g/mol. The molecule has 0 aliphatic rings. The number of hydrogen-bond donors (Lipinski definition) is 1. The number of carboxylic acid groups (broad SMARTS) is 1. The van der Waals surface area contributed by atoms with Crippen molar-refractivity contribution < 1.29 is 24.4 Å². The van der Waals surface area contributed by atoms with E-state index in [4.69, 9.17) is 9.84 Å². The van der Waals surface area contributed by atoms with E-state index in [0.717, 1.165) is 0 Å². The molecule has 0 fully saturated rings. The number of ketones is 1. The minimum atomic E-state index is -1.18. The number of hydrogen-bond acceptors (Lipinski definition) is 5. The number of carbonyl (C=O) groups is 2. The lowest BCUT2D eigenvalue weighted by molar-refractivity contribution is -0.384. The normalized spacial score (nSPS) is 10.5. The zero-order valence-electron chi connectivity index (χ0n) is 12.4. The van der Waals surface area contributed by atoms with E-state index in [2.05, 4.69) is 0 Å². The van der Waals surface area contributed by atoms with E-state index in [0.29, 0.717) is 5.56 Å². The summed E-state index contributed by atoms with van der Waals surface area (Å²) in [5.41, 5.74) is 0.520. The Labute approximate surface area is 137 Å². The molecule has 0 saturated carbocycles. The predicted octanol–water partition coefficient (Wildman–Crippen LogP) is 2.95. The van der Waals surface area contributed by atoms with E-state index < -0.39 is 17.5 Å². The van der Waals surface area contributed by atoms with Crippen LogP contribution < -0.4 is 4.74 Å². The van der Waals surface area contributed by atoms with Gasteiger partial charge in [-0.15, -0.1) is 0 Å². The molecule has 2 aromatic rings. The number of carbonyl (C=O) groups excluding carboxylic acids is 1. The van der Waals surface area contributed by atoms with Crippen molar-refractivity contribution in [3.8, 4) is 5.75 Å². The summed E-state index contributed by atoms with van der Waals surface area (Å²) in [6, 6.07) is 12.2. The number of aliphatic carboxylic acids is 1. The lowest BCUT2D eigenvalue weighted by Crippen LogP contribution is -2.10. The molecule has 0 aliphatic heterocycles. The zero-order valence-corrected chi connectivity index (χ0v) is 12.4. The van der Waals surface area contributed by atoms with Crippen molar-refractivity contribution in [2.24, 2.45) is 0 Å². The van der Waals surface area contributed by atoms with Crippen LogP contribution in [0.1, 0.15) is 15.9 Å². The summed E-state index contributed by atoms with van der Waals surface area (Å²) in [6.45, 7) is -0.592. The highest BCUT2D eigenvalue weighted by atomic mass is 16.6. The maximum atomic E-state index is 12.1. The van der Waals surface area contributed by atoms with Gasteiger partial charge >= 0.3 is 5.97 Å². The van der Waals surface area contributed by atoms with Crippen LogP contribution in [0.2, 0.25) is 0 Å². The van der Waals surface area contributed by atoms with Crippen LogP contribution in [0.15, 0.2) is 54.6 Å². The molecule has 0 aliphatic carbocycles. The van der Waals surface area contributed by atoms with Crippen molar-refractivity contribution in [2.45, 2.75) is 0 Å². The van der Waals surface area contributed by atoms with Crippen molar-refractivity contribution in [3.05, 3.63) is 75.8 Å². The van der Waals surface area contributed by atoms with Gasteiger partial charge in [-0.2, -0.15) is 0 Å². The molecule has 2 aromatic carbocycles. The van der Waals surface area contributed by atoms with Gasteiger partial charge < -0.3 is 9.84 Å². The van der Waals surface area contributed by atoms with Crippen LogP contribution in [-0.4, -0.2) is 28.4 Å². The van der Waals surface area contributed by atoms with Gasteiger partial charge in [0.25, 0.3) is 5.69 Å². The van der Waals surface area contributed by atoms with Gasteiger partial charge in [-0.05, 0) is 18.2 Å². The van der Waals surface area contributed by atoms with E-state index >= 15 is 0 Å². The number of allylic oxidation sites excluding steroid dienone is 1. The second kappa shape index (κ2) is 7.68. The number of non-ortho nitro benzene ring substituents is 1. The smallest absolute Gasteiger partial charge is 0.341 e. The minimum absolute atomic E-state index is 0.139. The van der Waals surface area contributed by atoms with Gasteiger partial charge in [-0.3, -0.25) is 14.9 Å². The van der Waals surface area contributed by atoms with Crippen molar-refractivity contribution in [2.75, 3.05) is 6.61 Å². The van der Waals surface area contributed by atoms with E-state index in [1.165, 1.54) is 30.4 Å². The summed E-state index contributed by atoms with van der Waals surface area (Å²) in [4.78, 5) is 32.9. The van der Waals surface area contributed by atoms with Gasteiger partial charge in [0.2, 0.25) is 0 Å². The molecule has 0 saturated heterocycles. The molecule has 0 bridgehead atoms. The Bertz CT molecular complexity index is 798. The number of carboxylic acids is 1. The molecule has 7 nitrogen and oxygen atoms in total. The van der Waals surface area contributed by atoms with E-state index in [1.807, 2.05) is 0 Å². The van der Waals surface area contributed by atoms with Crippen LogP contribution in [0.5, 0.6) is 5.75 Å². The van der Waals surface area contributed by atoms with E-state index in [-0.39, 0.29) is 22.8 Å². The highest BCUT2D eigenvalue weighted by Gasteiger charge is 2.12. The van der Waals surface area contributed by atoms with Gasteiger partial charge in [0.05, 0.1) is 4.92 Å². The summed E-state index contributed by atoms with van der Waals surface area (Å²) >= 11 is 0. The summed E-state index contributed by atoms with van der Waals surface area (Å²) < 4.78 is 5.09. The number of rotatable bonds is 7. The SMILES string of the molecule is O=C(O)COc1ccc([N+](=O)[O-])cc1/C=C/C(=O)c1ccccc1. The third-order valence-electron chi connectivity index (χ3n) is 3.03. The maximum absolute atomic E-state index is 12.1. The second-order valence-corrected chi connectivity index (χ2v) is 4.73. The first-order chi connectivity index (χ1) is 11.5. The number of nitrogens with zero attached hydrogens (tertiary/aromatic N) is 1. The van der Waals surface area contributed by atoms with E-state index in [9.17, 15) is 19.7 Å². The van der Waals surface area contributed by atoms with Crippen LogP contribution in [0.3, 0.4) is 0 Å². The molecule has 0 unspecified atom stereocenters. The molecule has 0 heterocycles. The lowest BCUT2D eigenvalue weighted by atomic mass is 10.1. The standard InChI is InChI=1S/C17H13NO6/c19-15(12-4-2-1-3-5-12)8-6-13-10-14(18(22)23)7-9-16(13)24-11-17(20)21/h1-10H,11H2,(H,20,21)/b8-6+. The molecular formula is C17H13NO6. The highest BCUT2D eigenvalue weighted by Crippen LogP contribution is 2.25. The highest BCUT2D eigenvalue weighted by molar-refractivity contribution is 6.06. The number of benzene rings is 2. The monoisotopic (exact) mass is 327 g/mol. The Morgan fingerprint density at radius 2 is 1.88 bits per heavy atom. The summed E-state index contributed by atoms with van der Waals surface area (Å²) in [7, 11) is 0. The lowest BCUT2D eigenvalue weighted by Gasteiger charge is -2.07. The van der Waals surface area contributed by atoms with Crippen molar-refractivity contribution >= 4 is 23.5 Å². The summed E-state index contributed by atoms with van der Waals surface area (Å²) in [5, 5.41) is 19.5. The first-order valence-corrected chi connectivity index (χ1v) is 6.88. The third kappa shape index (κ3) is 4.51. The van der Waals surface area contributed by atoms with Crippen molar-refractivity contribution in [3.63, 3.8) is 0 Å². The first kappa shape index (κ1) is 16.9. The Morgan fingerprint density at radius 3 is 2.50 bits per heavy atom. The number of nitro benzene ring substituents is 1. The Kier molecular flexibility index (Phi) is 5.40. The topological polar surface area (TPSA) is 107 Å². The molecule has 122 valence electrons. The van der Waals surface area contributed by atoms with Crippen LogP contribution >= 0.6 is 0 Å². The zero-order chi connectivity index (χ0) is 17.5. The van der Waals surface area contributed by atoms with Crippen molar-refractivity contribution in [1.29, 1.82) is 0 Å².